The molecular formula is C25H27N3O. The van der Waals surface area contributed by atoms with E-state index in [-0.39, 0.29) is 11.5 Å². The second-order valence-corrected chi connectivity index (χ2v) is 9.20. The summed E-state index contributed by atoms with van der Waals surface area (Å²) in [5.74, 6) is 1.44. The van der Waals surface area contributed by atoms with Crippen LogP contribution >= 0.6 is 0 Å². The Morgan fingerprint density at radius 3 is 2.17 bits per heavy atom. The summed E-state index contributed by atoms with van der Waals surface area (Å²) in [6.07, 6.45) is 5.70. The van der Waals surface area contributed by atoms with Gasteiger partial charge in [0.05, 0.1) is 22.8 Å². The molecule has 2 saturated carbocycles. The highest BCUT2D eigenvalue weighted by Crippen LogP contribution is 2.66. The zero-order chi connectivity index (χ0) is 20.1. The van der Waals surface area contributed by atoms with E-state index >= 15 is 0 Å². The molecule has 2 aliphatic rings. The summed E-state index contributed by atoms with van der Waals surface area (Å²) in [6, 6.07) is 17.8. The van der Waals surface area contributed by atoms with Crippen molar-refractivity contribution < 1.29 is 4.74 Å². The summed E-state index contributed by atoms with van der Waals surface area (Å²) >= 11 is 0. The molecule has 2 fully saturated rings. The van der Waals surface area contributed by atoms with Crippen LogP contribution in [0.5, 0.6) is 5.88 Å². The molecule has 148 valence electrons. The highest BCUT2D eigenvalue weighted by molar-refractivity contribution is 5.61. The van der Waals surface area contributed by atoms with Gasteiger partial charge >= 0.3 is 0 Å². The third-order valence-electron chi connectivity index (χ3n) is 7.64. The molecule has 0 saturated heterocycles. The molecule has 3 aromatic heterocycles. The van der Waals surface area contributed by atoms with E-state index in [9.17, 15) is 0 Å². The molecule has 0 amide bonds. The molecule has 4 heteroatoms. The Hall–Kier alpha value is -2.75. The minimum atomic E-state index is 0.215. The van der Waals surface area contributed by atoms with Gasteiger partial charge in [0.2, 0.25) is 5.88 Å². The Morgan fingerprint density at radius 1 is 0.828 bits per heavy atom. The maximum atomic E-state index is 6.47. The average Bonchev–Trinajstić information content (AvgIpc) is 3.08. The Morgan fingerprint density at radius 2 is 1.52 bits per heavy atom. The van der Waals surface area contributed by atoms with Crippen LogP contribution in [0.4, 0.5) is 0 Å². The topological polar surface area (TPSA) is 47.9 Å². The van der Waals surface area contributed by atoms with E-state index in [1.807, 2.05) is 54.6 Å². The minimum absolute atomic E-state index is 0.215. The fourth-order valence-corrected chi connectivity index (χ4v) is 5.31. The van der Waals surface area contributed by atoms with Crippen molar-refractivity contribution in [2.75, 3.05) is 0 Å². The first-order valence-corrected chi connectivity index (χ1v) is 10.5. The van der Waals surface area contributed by atoms with Crippen LogP contribution in [0.25, 0.3) is 22.8 Å². The summed E-state index contributed by atoms with van der Waals surface area (Å²) in [7, 11) is 0. The first-order valence-electron chi connectivity index (χ1n) is 10.5. The van der Waals surface area contributed by atoms with Crippen LogP contribution in [0.3, 0.4) is 0 Å². The summed E-state index contributed by atoms with van der Waals surface area (Å²) in [4.78, 5) is 14.0. The molecule has 4 nitrogen and oxygen atoms in total. The van der Waals surface area contributed by atoms with Crippen molar-refractivity contribution in [1.29, 1.82) is 0 Å². The number of ether oxygens (including phenoxy) is 1. The maximum Gasteiger partial charge on any atom is 0.214 e. The molecule has 2 aliphatic carbocycles. The Kier molecular flexibility index (Phi) is 4.19. The fourth-order valence-electron chi connectivity index (χ4n) is 5.31. The quantitative estimate of drug-likeness (QED) is 0.569. The smallest absolute Gasteiger partial charge is 0.214 e. The predicted molar refractivity (Wildman–Crippen MR) is 114 cm³/mol. The molecule has 0 spiro atoms. The van der Waals surface area contributed by atoms with E-state index in [0.29, 0.717) is 11.3 Å². The normalized spacial score (nSPS) is 27.1. The lowest BCUT2D eigenvalue weighted by Gasteiger charge is -2.38. The first-order chi connectivity index (χ1) is 14.0. The van der Waals surface area contributed by atoms with Crippen molar-refractivity contribution in [2.24, 2.45) is 16.7 Å². The molecule has 29 heavy (non-hydrogen) atoms. The molecule has 3 heterocycles. The van der Waals surface area contributed by atoms with E-state index in [4.69, 9.17) is 14.7 Å². The van der Waals surface area contributed by atoms with Gasteiger partial charge in [0, 0.05) is 17.7 Å². The molecule has 5 rings (SSSR count). The monoisotopic (exact) mass is 385 g/mol. The maximum absolute atomic E-state index is 6.47. The molecule has 2 bridgehead atoms. The molecule has 0 aliphatic heterocycles. The van der Waals surface area contributed by atoms with Crippen molar-refractivity contribution in [1.82, 2.24) is 15.0 Å². The van der Waals surface area contributed by atoms with Gasteiger partial charge < -0.3 is 4.74 Å². The number of aromatic nitrogens is 3. The van der Waals surface area contributed by atoms with E-state index < -0.39 is 0 Å². The van der Waals surface area contributed by atoms with Crippen molar-refractivity contribution in [3.63, 3.8) is 0 Å². The van der Waals surface area contributed by atoms with Crippen LogP contribution in [0.2, 0.25) is 0 Å². The predicted octanol–water partition coefficient (Wildman–Crippen LogP) is 5.80. The molecular weight excluding hydrogens is 358 g/mol. The van der Waals surface area contributed by atoms with Crippen LogP contribution in [0.1, 0.15) is 40.0 Å². The summed E-state index contributed by atoms with van der Waals surface area (Å²) < 4.78 is 6.47. The van der Waals surface area contributed by atoms with Crippen molar-refractivity contribution in [3.05, 3.63) is 60.8 Å². The van der Waals surface area contributed by atoms with Gasteiger partial charge in [-0.15, -0.1) is 0 Å². The third kappa shape index (κ3) is 2.93. The standard InChI is InChI=1S/C25H27N3O/c1-24(2)17-13-14-25(24,3)22(16-17)29-23-12-7-11-21(28-23)20-10-6-9-19(27-20)18-8-4-5-15-26-18/h4-12,15,17,22H,13-14,16H2,1-3H3/t17-,22-,25+/m0/s1. The van der Waals surface area contributed by atoms with Crippen LogP contribution in [0, 0.1) is 16.7 Å². The average molecular weight is 386 g/mol. The number of fused-ring (bicyclic) bond motifs is 2. The van der Waals surface area contributed by atoms with E-state index in [2.05, 4.69) is 25.8 Å². The van der Waals surface area contributed by atoms with Crippen molar-refractivity contribution in [2.45, 2.75) is 46.1 Å². The largest absolute Gasteiger partial charge is 0.474 e. The molecule has 3 aromatic rings. The summed E-state index contributed by atoms with van der Waals surface area (Å²) in [6.45, 7) is 7.21. The molecule has 0 aromatic carbocycles. The van der Waals surface area contributed by atoms with Gasteiger partial charge in [-0.05, 0) is 60.9 Å². The highest BCUT2D eigenvalue weighted by atomic mass is 16.5. The third-order valence-corrected chi connectivity index (χ3v) is 7.64. The zero-order valence-corrected chi connectivity index (χ0v) is 17.3. The highest BCUT2D eigenvalue weighted by Gasteiger charge is 2.62. The lowest BCUT2D eigenvalue weighted by atomic mass is 9.70. The second-order valence-electron chi connectivity index (χ2n) is 9.20. The second kappa shape index (κ2) is 6.65. The Balaban J connectivity index is 1.42. The lowest BCUT2D eigenvalue weighted by molar-refractivity contribution is 0.0274. The number of pyridine rings is 3. The SMILES string of the molecule is CC1(C)[C@H]2CC[C@]1(C)[C@@H](Oc1cccc(-c3cccc(-c4ccccn4)n3)n1)C2. The molecule has 0 unspecified atom stereocenters. The van der Waals surface area contributed by atoms with Crippen LogP contribution in [-0.4, -0.2) is 21.1 Å². The van der Waals surface area contributed by atoms with Gasteiger partial charge in [-0.25, -0.2) is 9.97 Å². The van der Waals surface area contributed by atoms with Crippen molar-refractivity contribution in [3.8, 4) is 28.7 Å². The number of hydrogen-bond donors (Lipinski definition) is 0. The van der Waals surface area contributed by atoms with Gasteiger partial charge in [0.25, 0.3) is 0 Å². The van der Waals surface area contributed by atoms with Gasteiger partial charge in [-0.3, -0.25) is 4.98 Å². The van der Waals surface area contributed by atoms with Crippen molar-refractivity contribution >= 4 is 0 Å². The van der Waals surface area contributed by atoms with Gasteiger partial charge in [0.15, 0.2) is 0 Å². The Labute approximate surface area is 172 Å². The van der Waals surface area contributed by atoms with E-state index in [1.54, 1.807) is 6.20 Å². The summed E-state index contributed by atoms with van der Waals surface area (Å²) in [5, 5.41) is 0. The van der Waals surface area contributed by atoms with Crippen LogP contribution in [0.15, 0.2) is 60.8 Å². The van der Waals surface area contributed by atoms with Crippen LogP contribution < -0.4 is 4.74 Å². The van der Waals surface area contributed by atoms with Gasteiger partial charge in [-0.2, -0.15) is 0 Å². The van der Waals surface area contributed by atoms with Gasteiger partial charge in [0.1, 0.15) is 6.10 Å². The number of nitrogens with zero attached hydrogens (tertiary/aromatic N) is 3. The summed E-state index contributed by atoms with van der Waals surface area (Å²) in [5.41, 5.74) is 3.91. The number of hydrogen-bond acceptors (Lipinski definition) is 4. The molecule has 3 atom stereocenters. The molecule has 0 N–H and O–H groups in total. The fraction of sp³-hybridized carbons (Fsp3) is 0.400. The first kappa shape index (κ1) is 18.3. The van der Waals surface area contributed by atoms with E-state index in [1.165, 1.54) is 12.8 Å². The minimum Gasteiger partial charge on any atom is -0.474 e. The van der Waals surface area contributed by atoms with E-state index in [0.717, 1.165) is 35.1 Å². The van der Waals surface area contributed by atoms with Gasteiger partial charge in [-0.1, -0.05) is 39.0 Å². The Bertz CT molecular complexity index is 1030. The lowest BCUT2D eigenvalue weighted by Crippen LogP contribution is -2.39. The zero-order valence-electron chi connectivity index (χ0n) is 17.3. The molecule has 0 radical (unpaired) electrons. The van der Waals surface area contributed by atoms with Crippen LogP contribution in [-0.2, 0) is 0 Å². The number of rotatable bonds is 4.